The lowest BCUT2D eigenvalue weighted by atomic mass is 10.00. The van der Waals surface area contributed by atoms with Crippen LogP contribution in [0.2, 0.25) is 0 Å². The highest BCUT2D eigenvalue weighted by atomic mass is 32.2. The maximum atomic E-state index is 12.3. The van der Waals surface area contributed by atoms with Crippen molar-refractivity contribution < 1.29 is 14.3 Å². The van der Waals surface area contributed by atoms with Crippen molar-refractivity contribution in [1.82, 2.24) is 10.3 Å². The molecule has 7 heteroatoms. The molecule has 1 unspecified atom stereocenters. The average molecular weight is 421 g/mol. The Labute approximate surface area is 175 Å². The lowest BCUT2D eigenvalue weighted by Crippen LogP contribution is -2.28. The number of thioether (sulfide) groups is 1. The van der Waals surface area contributed by atoms with Gasteiger partial charge in [-0.15, -0.1) is 11.3 Å². The lowest BCUT2D eigenvalue weighted by Gasteiger charge is -2.15. The molecule has 28 heavy (non-hydrogen) atoms. The van der Waals surface area contributed by atoms with Gasteiger partial charge in [0.15, 0.2) is 4.34 Å². The molecule has 0 aliphatic rings. The van der Waals surface area contributed by atoms with Gasteiger partial charge in [-0.2, -0.15) is 0 Å². The molecule has 1 atom stereocenters. The SMILES string of the molecule is CCOC(=O)Cc1csc(SCC(=O)NC(C)c2ccc(CC(C)C)cc2)n1. The number of carbonyl (C=O) groups is 2. The zero-order chi connectivity index (χ0) is 20.5. The van der Waals surface area contributed by atoms with Crippen LogP contribution in [0.15, 0.2) is 34.0 Å². The van der Waals surface area contributed by atoms with Crippen molar-refractivity contribution in [3.8, 4) is 0 Å². The molecule has 0 fully saturated rings. The second-order valence-corrected chi connectivity index (χ2v) is 9.08. The molecule has 1 amide bonds. The first kappa shape index (κ1) is 22.4. The molecule has 1 aromatic heterocycles. The fourth-order valence-electron chi connectivity index (χ4n) is 2.70. The zero-order valence-corrected chi connectivity index (χ0v) is 18.5. The van der Waals surface area contributed by atoms with Crippen LogP contribution >= 0.6 is 23.1 Å². The Hall–Kier alpha value is -1.86. The smallest absolute Gasteiger partial charge is 0.311 e. The highest BCUT2D eigenvalue weighted by Crippen LogP contribution is 2.23. The van der Waals surface area contributed by atoms with Crippen molar-refractivity contribution in [1.29, 1.82) is 0 Å². The summed E-state index contributed by atoms with van der Waals surface area (Å²) in [6.45, 7) is 8.54. The van der Waals surface area contributed by atoms with Crippen LogP contribution in [-0.4, -0.2) is 29.2 Å². The Morgan fingerprint density at radius 2 is 1.93 bits per heavy atom. The van der Waals surface area contributed by atoms with E-state index in [1.54, 1.807) is 6.92 Å². The molecule has 0 radical (unpaired) electrons. The topological polar surface area (TPSA) is 68.3 Å². The average Bonchev–Trinajstić information content (AvgIpc) is 3.07. The van der Waals surface area contributed by atoms with E-state index in [1.165, 1.54) is 28.7 Å². The Morgan fingerprint density at radius 3 is 2.57 bits per heavy atom. The van der Waals surface area contributed by atoms with Crippen LogP contribution in [0.4, 0.5) is 0 Å². The van der Waals surface area contributed by atoms with E-state index in [0.29, 0.717) is 24.0 Å². The number of amides is 1. The van der Waals surface area contributed by atoms with Gasteiger partial charge in [0, 0.05) is 5.38 Å². The number of hydrogen-bond acceptors (Lipinski definition) is 6. The van der Waals surface area contributed by atoms with Crippen molar-refractivity contribution in [2.45, 2.75) is 50.9 Å². The van der Waals surface area contributed by atoms with E-state index in [-0.39, 0.29) is 24.3 Å². The molecular weight excluding hydrogens is 392 g/mol. The predicted molar refractivity (Wildman–Crippen MR) is 115 cm³/mol. The molecule has 0 aliphatic carbocycles. The van der Waals surface area contributed by atoms with E-state index < -0.39 is 0 Å². The lowest BCUT2D eigenvalue weighted by molar-refractivity contribution is -0.142. The molecule has 0 spiro atoms. The summed E-state index contributed by atoms with van der Waals surface area (Å²) in [6, 6.07) is 8.38. The quantitative estimate of drug-likeness (QED) is 0.455. The number of carbonyl (C=O) groups excluding carboxylic acids is 2. The van der Waals surface area contributed by atoms with E-state index in [9.17, 15) is 9.59 Å². The Morgan fingerprint density at radius 1 is 1.21 bits per heavy atom. The Balaban J connectivity index is 1.79. The molecule has 0 saturated carbocycles. The second-order valence-electron chi connectivity index (χ2n) is 7.00. The maximum Gasteiger partial charge on any atom is 0.311 e. The van der Waals surface area contributed by atoms with Gasteiger partial charge in [0.2, 0.25) is 5.91 Å². The van der Waals surface area contributed by atoms with E-state index >= 15 is 0 Å². The molecule has 0 saturated heterocycles. The number of thiazole rings is 1. The minimum Gasteiger partial charge on any atom is -0.466 e. The number of ether oxygens (including phenoxy) is 1. The molecule has 0 aliphatic heterocycles. The molecule has 5 nitrogen and oxygen atoms in total. The molecule has 1 N–H and O–H groups in total. The number of esters is 1. The molecule has 152 valence electrons. The zero-order valence-electron chi connectivity index (χ0n) is 16.9. The molecular formula is C21H28N2O3S2. The number of benzene rings is 1. The van der Waals surface area contributed by atoms with E-state index in [1.807, 2.05) is 12.3 Å². The minimum absolute atomic E-state index is 0.0362. The van der Waals surface area contributed by atoms with Crippen LogP contribution in [0.1, 0.15) is 50.6 Å². The van der Waals surface area contributed by atoms with E-state index in [2.05, 4.69) is 48.4 Å². The van der Waals surface area contributed by atoms with Gasteiger partial charge in [0.1, 0.15) is 0 Å². The predicted octanol–water partition coefficient (Wildman–Crippen LogP) is 4.42. The number of aromatic nitrogens is 1. The van der Waals surface area contributed by atoms with Crippen LogP contribution in [0, 0.1) is 5.92 Å². The van der Waals surface area contributed by atoms with Crippen molar-refractivity contribution in [3.05, 3.63) is 46.5 Å². The normalized spacial score (nSPS) is 12.0. The summed E-state index contributed by atoms with van der Waals surface area (Å²) in [6.07, 6.45) is 1.23. The summed E-state index contributed by atoms with van der Waals surface area (Å²) in [5.74, 6) is 0.604. The van der Waals surface area contributed by atoms with Crippen LogP contribution in [0.5, 0.6) is 0 Å². The summed E-state index contributed by atoms with van der Waals surface area (Å²) < 4.78 is 5.70. The highest BCUT2D eigenvalue weighted by molar-refractivity contribution is 8.01. The second kappa shape index (κ2) is 11.2. The van der Waals surface area contributed by atoms with Crippen molar-refractivity contribution in [2.75, 3.05) is 12.4 Å². The largest absolute Gasteiger partial charge is 0.466 e. The molecule has 0 bridgehead atoms. The fourth-order valence-corrected chi connectivity index (χ4v) is 4.36. The van der Waals surface area contributed by atoms with Crippen LogP contribution in [-0.2, 0) is 27.2 Å². The van der Waals surface area contributed by atoms with Crippen molar-refractivity contribution in [2.24, 2.45) is 5.92 Å². The van der Waals surface area contributed by atoms with Crippen molar-refractivity contribution in [3.63, 3.8) is 0 Å². The molecule has 1 heterocycles. The first-order valence-electron chi connectivity index (χ1n) is 9.48. The van der Waals surface area contributed by atoms with E-state index in [0.717, 1.165) is 16.3 Å². The summed E-state index contributed by atoms with van der Waals surface area (Å²) in [4.78, 5) is 28.1. The summed E-state index contributed by atoms with van der Waals surface area (Å²) >= 11 is 2.82. The third-order valence-electron chi connectivity index (χ3n) is 3.99. The van der Waals surface area contributed by atoms with Gasteiger partial charge < -0.3 is 10.1 Å². The highest BCUT2D eigenvalue weighted by Gasteiger charge is 2.13. The fraction of sp³-hybridized carbons (Fsp3) is 0.476. The standard InChI is InChI=1S/C21H28N2O3S2/c1-5-26-20(25)11-18-12-27-21(23-18)28-13-19(24)22-15(4)17-8-6-16(7-9-17)10-14(2)3/h6-9,12,14-15H,5,10-11,13H2,1-4H3,(H,22,24). The molecule has 1 aromatic carbocycles. The maximum absolute atomic E-state index is 12.3. The number of rotatable bonds is 10. The van der Waals surface area contributed by atoms with Gasteiger partial charge >= 0.3 is 5.97 Å². The summed E-state index contributed by atoms with van der Waals surface area (Å²) in [5, 5.41) is 4.86. The van der Waals surface area contributed by atoms with Crippen LogP contribution in [0.25, 0.3) is 0 Å². The van der Waals surface area contributed by atoms with E-state index in [4.69, 9.17) is 4.74 Å². The van der Waals surface area contributed by atoms with Crippen LogP contribution < -0.4 is 5.32 Å². The number of hydrogen-bond donors (Lipinski definition) is 1. The first-order chi connectivity index (χ1) is 13.4. The van der Waals surface area contributed by atoms with Gasteiger partial charge in [-0.25, -0.2) is 4.98 Å². The molecule has 2 rings (SSSR count). The van der Waals surface area contributed by atoms with Gasteiger partial charge in [-0.3, -0.25) is 9.59 Å². The Kier molecular flexibility index (Phi) is 8.99. The molecule has 2 aromatic rings. The number of nitrogens with one attached hydrogen (secondary N) is 1. The monoisotopic (exact) mass is 420 g/mol. The number of nitrogens with zero attached hydrogens (tertiary/aromatic N) is 1. The van der Waals surface area contributed by atoms with Crippen LogP contribution in [0.3, 0.4) is 0 Å². The van der Waals surface area contributed by atoms with Gasteiger partial charge in [-0.05, 0) is 37.3 Å². The summed E-state index contributed by atoms with van der Waals surface area (Å²) in [5.41, 5.74) is 3.09. The van der Waals surface area contributed by atoms with Gasteiger partial charge in [0.05, 0.1) is 30.5 Å². The third-order valence-corrected chi connectivity index (χ3v) is 6.06. The van der Waals surface area contributed by atoms with Crippen molar-refractivity contribution >= 4 is 35.0 Å². The summed E-state index contributed by atoms with van der Waals surface area (Å²) in [7, 11) is 0. The first-order valence-corrected chi connectivity index (χ1v) is 11.3. The van der Waals surface area contributed by atoms with Gasteiger partial charge in [0.25, 0.3) is 0 Å². The third kappa shape index (κ3) is 7.64. The minimum atomic E-state index is -0.282. The van der Waals surface area contributed by atoms with Gasteiger partial charge in [-0.1, -0.05) is 49.9 Å². The Bertz CT molecular complexity index is 772.